The van der Waals surface area contributed by atoms with Crippen molar-refractivity contribution in [2.75, 3.05) is 4.90 Å². The summed E-state index contributed by atoms with van der Waals surface area (Å²) in [6.07, 6.45) is 0. The van der Waals surface area contributed by atoms with Gasteiger partial charge in [0.15, 0.2) is 0 Å². The highest BCUT2D eigenvalue weighted by Crippen LogP contribution is 2.44. The maximum absolute atomic E-state index is 9.38. The molecule has 0 aliphatic carbocycles. The molecular weight excluding hydrogens is 581 g/mol. The van der Waals surface area contributed by atoms with Gasteiger partial charge in [0.2, 0.25) is 0 Å². The van der Waals surface area contributed by atoms with Gasteiger partial charge in [-0.3, -0.25) is 0 Å². The van der Waals surface area contributed by atoms with E-state index in [0.717, 1.165) is 44.6 Å². The van der Waals surface area contributed by atoms with Crippen LogP contribution >= 0.6 is 0 Å². The largest absolute Gasteiger partial charge is 0.310 e. The topological polar surface area (TPSA) is 8.17 Å². The summed E-state index contributed by atoms with van der Waals surface area (Å²) < 4.78 is 98.1. The quantitative estimate of drug-likeness (QED) is 0.179. The molecule has 0 bridgehead atoms. The van der Waals surface area contributed by atoms with Crippen LogP contribution in [0.4, 0.5) is 17.1 Å². The van der Waals surface area contributed by atoms with Gasteiger partial charge in [0, 0.05) is 27.8 Å². The third-order valence-corrected chi connectivity index (χ3v) is 8.55. The molecule has 8 aromatic carbocycles. The number of para-hydroxylation sites is 3. The first kappa shape index (κ1) is 18.7. The number of anilines is 3. The second-order valence-corrected chi connectivity index (χ2v) is 11.3. The lowest BCUT2D eigenvalue weighted by molar-refractivity contribution is 1.18. The molecule has 2 nitrogen and oxygen atoms in total. The smallest absolute Gasteiger partial charge is 0.0636 e. The molecule has 1 heterocycles. The Morgan fingerprint density at radius 1 is 0.458 bits per heavy atom. The summed E-state index contributed by atoms with van der Waals surface area (Å²) in [5.74, 6) is 0. The lowest BCUT2D eigenvalue weighted by Gasteiger charge is -2.26. The summed E-state index contributed by atoms with van der Waals surface area (Å²) in [4.78, 5) is 2.14. The van der Waals surface area contributed by atoms with Crippen molar-refractivity contribution in [3.63, 3.8) is 0 Å². The van der Waals surface area contributed by atoms with Crippen molar-refractivity contribution in [2.45, 2.75) is 0 Å². The van der Waals surface area contributed by atoms with Crippen molar-refractivity contribution in [1.82, 2.24) is 4.57 Å². The van der Waals surface area contributed by atoms with E-state index >= 15 is 0 Å². The van der Waals surface area contributed by atoms with E-state index in [9.17, 15) is 4.11 Å². The SMILES string of the molecule is [2H]c1c([2H])c([2H])c(-c2c([2H])c([2H])c([2H])c3c([2H])c(-c4ccc(N(c5ccccc5)c5cccc6c5c5ccccc5n6-c5ccccc5)cc4)c([2H])c([2H])c23)c([2H])c1[2H]. The Kier molecular flexibility index (Phi) is 4.58. The summed E-state index contributed by atoms with van der Waals surface area (Å²) >= 11 is 0. The van der Waals surface area contributed by atoms with Crippen LogP contribution in [0.1, 0.15) is 15.1 Å². The van der Waals surface area contributed by atoms with Crippen LogP contribution in [0.15, 0.2) is 194 Å². The van der Waals surface area contributed by atoms with Crippen molar-refractivity contribution < 1.29 is 15.1 Å². The van der Waals surface area contributed by atoms with Crippen molar-refractivity contribution in [1.29, 1.82) is 0 Å². The highest BCUT2D eigenvalue weighted by molar-refractivity contribution is 6.16. The van der Waals surface area contributed by atoms with Crippen molar-refractivity contribution in [3.8, 4) is 27.9 Å². The first-order valence-electron chi connectivity index (χ1n) is 21.1. The predicted octanol–water partition coefficient (Wildman–Crippen LogP) is 12.7. The highest BCUT2D eigenvalue weighted by atomic mass is 15.1. The molecule has 0 aliphatic heterocycles. The third kappa shape index (κ3) is 4.74. The van der Waals surface area contributed by atoms with Gasteiger partial charge < -0.3 is 9.47 Å². The van der Waals surface area contributed by atoms with E-state index in [-0.39, 0.29) is 27.9 Å². The maximum Gasteiger partial charge on any atom is 0.0636 e. The fraction of sp³-hybridized carbons (Fsp3) is 0. The number of aromatic nitrogens is 1. The molecule has 0 fully saturated rings. The molecule has 0 saturated carbocycles. The van der Waals surface area contributed by atoms with Gasteiger partial charge in [0.25, 0.3) is 0 Å². The average Bonchev–Trinajstić information content (AvgIpc) is 3.60. The molecule has 2 heteroatoms. The first-order chi connectivity index (χ1) is 28.4. The van der Waals surface area contributed by atoms with Crippen LogP contribution in [0.25, 0.3) is 60.5 Å². The molecule has 0 saturated heterocycles. The summed E-state index contributed by atoms with van der Waals surface area (Å²) in [6.45, 7) is 0. The lowest BCUT2D eigenvalue weighted by atomic mass is 9.95. The van der Waals surface area contributed by atoms with E-state index in [2.05, 4.69) is 45.9 Å². The van der Waals surface area contributed by atoms with Crippen LogP contribution in [0.2, 0.25) is 0 Å². The van der Waals surface area contributed by atoms with Gasteiger partial charge in [-0.15, -0.1) is 0 Å². The van der Waals surface area contributed by atoms with Gasteiger partial charge in [-0.05, 0) is 93.7 Å². The molecule has 9 rings (SSSR count). The van der Waals surface area contributed by atoms with Gasteiger partial charge in [-0.25, -0.2) is 0 Å². The van der Waals surface area contributed by atoms with E-state index in [1.165, 1.54) is 0 Å². The van der Waals surface area contributed by atoms with Gasteiger partial charge >= 0.3 is 0 Å². The van der Waals surface area contributed by atoms with Crippen molar-refractivity contribution >= 4 is 49.6 Å². The monoisotopic (exact) mass is 623 g/mol. The number of fused-ring (bicyclic) bond motifs is 4. The second kappa shape index (κ2) is 11.8. The Labute approximate surface area is 295 Å². The van der Waals surface area contributed by atoms with Gasteiger partial charge in [-0.1, -0.05) is 133 Å². The Morgan fingerprint density at radius 3 is 1.98 bits per heavy atom. The molecule has 1 aromatic heterocycles. The standard InChI is InChI=1S/C46H32N2/c1-4-14-34(15-5-1)40-22-12-16-36-32-35(28-31-41(36)40)33-26-29-39(30-27-33)47(37-17-6-2-7-18-37)44-24-13-25-45-46(44)42-21-10-11-23-43(42)48(45)38-19-8-3-9-20-38/h1-32H/i1D,4D,5D,12D,14D,15D,16D,22D,28D,31D,32D. The second-order valence-electron chi connectivity index (χ2n) is 11.3. The summed E-state index contributed by atoms with van der Waals surface area (Å²) in [7, 11) is 0. The van der Waals surface area contributed by atoms with Crippen LogP contribution in [-0.2, 0) is 0 Å². The minimum Gasteiger partial charge on any atom is -0.310 e. The Balaban J connectivity index is 1.25. The molecule has 0 N–H and O–H groups in total. The van der Waals surface area contributed by atoms with E-state index in [1.807, 2.05) is 78.9 Å². The van der Waals surface area contributed by atoms with Crippen LogP contribution in [0, 0.1) is 0 Å². The van der Waals surface area contributed by atoms with E-state index in [1.54, 1.807) is 12.1 Å². The number of rotatable bonds is 6. The normalized spacial score (nSPS) is 14.5. The maximum atomic E-state index is 9.38. The predicted molar refractivity (Wildman–Crippen MR) is 204 cm³/mol. The molecule has 0 atom stereocenters. The third-order valence-electron chi connectivity index (χ3n) is 8.55. The lowest BCUT2D eigenvalue weighted by Crippen LogP contribution is -2.10. The molecule has 0 aliphatic rings. The molecular formula is C46H32N2. The number of nitrogens with zero attached hydrogens (tertiary/aromatic N) is 2. The van der Waals surface area contributed by atoms with E-state index < -0.39 is 66.0 Å². The molecule has 48 heavy (non-hydrogen) atoms. The number of hydrogen-bond acceptors (Lipinski definition) is 1. The zero-order valence-corrected chi connectivity index (χ0v) is 25.5. The fourth-order valence-electron chi connectivity index (χ4n) is 6.44. The number of hydrogen-bond donors (Lipinski definition) is 0. The van der Waals surface area contributed by atoms with Crippen LogP contribution in [0.5, 0.6) is 0 Å². The number of benzene rings is 8. The summed E-state index contributed by atoms with van der Waals surface area (Å²) in [5, 5.41) is 1.62. The fourth-order valence-corrected chi connectivity index (χ4v) is 6.44. The highest BCUT2D eigenvalue weighted by Gasteiger charge is 2.20. The first-order valence-corrected chi connectivity index (χ1v) is 15.6. The molecule has 0 unspecified atom stereocenters. The summed E-state index contributed by atoms with van der Waals surface area (Å²) in [5.41, 5.74) is 5.31. The van der Waals surface area contributed by atoms with Crippen LogP contribution < -0.4 is 4.90 Å². The minimum absolute atomic E-state index is 0.0194. The minimum atomic E-state index is -0.668. The zero-order valence-electron chi connectivity index (χ0n) is 36.5. The average molecular weight is 624 g/mol. The van der Waals surface area contributed by atoms with Crippen LogP contribution in [-0.4, -0.2) is 4.57 Å². The molecule has 0 amide bonds. The Hall–Kier alpha value is -6.38. The Morgan fingerprint density at radius 2 is 1.17 bits per heavy atom. The molecule has 0 radical (unpaired) electrons. The van der Waals surface area contributed by atoms with Gasteiger partial charge in [-0.2, -0.15) is 0 Å². The molecule has 0 spiro atoms. The van der Waals surface area contributed by atoms with Gasteiger partial charge in [0.05, 0.1) is 31.8 Å². The van der Waals surface area contributed by atoms with Crippen LogP contribution in [0.3, 0.4) is 0 Å². The van der Waals surface area contributed by atoms with Crippen molar-refractivity contribution in [2.24, 2.45) is 0 Å². The Bertz CT molecular complexity index is 3140. The van der Waals surface area contributed by atoms with E-state index in [4.69, 9.17) is 11.0 Å². The van der Waals surface area contributed by atoms with Gasteiger partial charge in [0.1, 0.15) is 0 Å². The molecule has 9 aromatic rings. The molecule has 226 valence electrons. The van der Waals surface area contributed by atoms with Crippen molar-refractivity contribution in [3.05, 3.63) is 194 Å². The summed E-state index contributed by atoms with van der Waals surface area (Å²) in [6, 6.07) is 35.5. The zero-order chi connectivity index (χ0) is 41.4. The van der Waals surface area contributed by atoms with E-state index in [0.29, 0.717) is 5.56 Å².